The van der Waals surface area contributed by atoms with Crippen LogP contribution >= 0.6 is 11.8 Å². The molecular weight excluding hydrogens is 462 g/mol. The van der Waals surface area contributed by atoms with Crippen molar-refractivity contribution >= 4 is 29.4 Å². The van der Waals surface area contributed by atoms with E-state index in [0.29, 0.717) is 12.3 Å². The molecule has 3 aliphatic heterocycles. The number of aryl methyl sites for hydroxylation is 1. The van der Waals surface area contributed by atoms with E-state index in [4.69, 9.17) is 0 Å². The summed E-state index contributed by atoms with van der Waals surface area (Å²) in [4.78, 5) is 9.54. The molecule has 2 N–H and O–H groups in total. The van der Waals surface area contributed by atoms with Gasteiger partial charge in [-0.15, -0.1) is 5.73 Å². The maximum atomic E-state index is 11.4. The van der Waals surface area contributed by atoms with Crippen molar-refractivity contribution < 1.29 is 5.11 Å². The molecule has 3 aliphatic rings. The molecule has 5 heteroatoms. The molecular formula is C31H35N3OS. The molecule has 2 unspecified atom stereocenters. The number of nitrogens with one attached hydrogen (secondary N) is 1. The summed E-state index contributed by atoms with van der Waals surface area (Å²) in [5.74, 6) is 0.332. The van der Waals surface area contributed by atoms with E-state index in [1.165, 1.54) is 16.0 Å². The zero-order valence-electron chi connectivity index (χ0n) is 21.4. The van der Waals surface area contributed by atoms with Gasteiger partial charge in [0.2, 0.25) is 0 Å². The van der Waals surface area contributed by atoms with Gasteiger partial charge >= 0.3 is 0 Å². The molecule has 0 saturated carbocycles. The van der Waals surface area contributed by atoms with Crippen LogP contribution in [0.25, 0.3) is 5.70 Å². The Kier molecular flexibility index (Phi) is 7.36. The average Bonchev–Trinajstić information content (AvgIpc) is 3.36. The van der Waals surface area contributed by atoms with E-state index in [9.17, 15) is 5.11 Å². The molecule has 0 amide bonds. The highest BCUT2D eigenvalue weighted by molar-refractivity contribution is 8.06. The number of anilines is 1. The van der Waals surface area contributed by atoms with Gasteiger partial charge < -0.3 is 15.3 Å². The number of allylic oxidation sites excluding steroid dienone is 1. The van der Waals surface area contributed by atoms with Gasteiger partial charge in [0.1, 0.15) is 0 Å². The molecule has 0 aliphatic carbocycles. The molecule has 4 nitrogen and oxygen atoms in total. The molecule has 3 heterocycles. The predicted octanol–water partition coefficient (Wildman–Crippen LogP) is 6.38. The molecule has 2 aromatic carbocycles. The third-order valence-electron chi connectivity index (χ3n) is 7.25. The maximum Gasteiger partial charge on any atom is 0.0920 e. The lowest BCUT2D eigenvalue weighted by atomic mass is 9.89. The molecule has 0 radical (unpaired) electrons. The van der Waals surface area contributed by atoms with Gasteiger partial charge in [-0.1, -0.05) is 48.2 Å². The van der Waals surface area contributed by atoms with E-state index >= 15 is 0 Å². The normalized spacial score (nSPS) is 21.2. The van der Waals surface area contributed by atoms with Gasteiger partial charge in [0.15, 0.2) is 0 Å². The fraction of sp³-hybridized carbons (Fsp3) is 0.355. The first kappa shape index (κ1) is 24.9. The van der Waals surface area contributed by atoms with Crippen molar-refractivity contribution in [1.82, 2.24) is 4.90 Å². The van der Waals surface area contributed by atoms with Crippen molar-refractivity contribution in [1.29, 1.82) is 0 Å². The van der Waals surface area contributed by atoms with Crippen LogP contribution in [0, 0.1) is 5.92 Å². The minimum absolute atomic E-state index is 0.332. The highest BCUT2D eigenvalue weighted by atomic mass is 32.2. The van der Waals surface area contributed by atoms with Gasteiger partial charge in [0.25, 0.3) is 0 Å². The summed E-state index contributed by atoms with van der Waals surface area (Å²) in [7, 11) is 4.10. The Bertz CT molecular complexity index is 1280. The molecule has 2 atom stereocenters. The van der Waals surface area contributed by atoms with Crippen LogP contribution in [0.3, 0.4) is 0 Å². The quantitative estimate of drug-likeness (QED) is 0.416. The standard InChI is InChI=1S/C31H35N3OS/c1-31(35,19-28-14-11-25-15-16-34(3)21-30(25)36-28)26-6-4-5-22(17-26)7-8-23-18-29(33-20-23)24-9-12-27(32-2)13-10-24/h4-6,9-13,17-18,20,23,32,35H,7-8,15-16,19,21H2,1-3H3. The summed E-state index contributed by atoms with van der Waals surface area (Å²) in [5, 5.41) is 14.6. The van der Waals surface area contributed by atoms with Crippen LogP contribution in [0.5, 0.6) is 0 Å². The monoisotopic (exact) mass is 497 g/mol. The Morgan fingerprint density at radius 1 is 1.22 bits per heavy atom. The summed E-state index contributed by atoms with van der Waals surface area (Å²) >= 11 is 1.80. The third kappa shape index (κ3) is 5.77. The molecule has 0 spiro atoms. The average molecular weight is 498 g/mol. The van der Waals surface area contributed by atoms with Crippen LogP contribution in [0.2, 0.25) is 0 Å². The molecule has 0 saturated heterocycles. The van der Waals surface area contributed by atoms with Gasteiger partial charge in [0.05, 0.1) is 11.3 Å². The lowest BCUT2D eigenvalue weighted by Crippen LogP contribution is -2.27. The maximum absolute atomic E-state index is 11.4. The summed E-state index contributed by atoms with van der Waals surface area (Å²) < 4.78 is 0. The van der Waals surface area contributed by atoms with E-state index in [2.05, 4.69) is 88.8 Å². The molecule has 0 aromatic heterocycles. The summed E-state index contributed by atoms with van der Waals surface area (Å²) in [5.41, 5.74) is 9.45. The molecule has 2 aromatic rings. The highest BCUT2D eigenvalue weighted by Gasteiger charge is 2.28. The smallest absolute Gasteiger partial charge is 0.0920 e. The Morgan fingerprint density at radius 2 is 2.06 bits per heavy atom. The first-order chi connectivity index (χ1) is 17.4. The summed E-state index contributed by atoms with van der Waals surface area (Å²) in [6, 6.07) is 16.8. The highest BCUT2D eigenvalue weighted by Crippen LogP contribution is 2.41. The lowest BCUT2D eigenvalue weighted by molar-refractivity contribution is 0.0596. The minimum atomic E-state index is -0.931. The van der Waals surface area contributed by atoms with Gasteiger partial charge in [-0.05, 0) is 79.8 Å². The second kappa shape index (κ2) is 10.7. The number of nitrogens with zero attached hydrogens (tertiary/aromatic N) is 2. The number of hydrogen-bond acceptors (Lipinski definition) is 5. The van der Waals surface area contributed by atoms with E-state index in [-0.39, 0.29) is 0 Å². The Hall–Kier alpha value is -2.82. The van der Waals surface area contributed by atoms with E-state index in [0.717, 1.165) is 59.8 Å². The van der Waals surface area contributed by atoms with Crippen molar-refractivity contribution in [2.45, 2.75) is 38.2 Å². The van der Waals surface area contributed by atoms with Crippen LogP contribution in [0.15, 0.2) is 86.8 Å². The minimum Gasteiger partial charge on any atom is -0.388 e. The number of hydrogen-bond donors (Lipinski definition) is 2. The van der Waals surface area contributed by atoms with Crippen LogP contribution in [0.1, 0.15) is 42.9 Å². The molecule has 0 fully saturated rings. The number of likely N-dealkylation sites (N-methyl/N-ethyl adjacent to an activating group) is 1. The number of benzene rings is 2. The molecule has 5 rings (SSSR count). The second-order valence-electron chi connectivity index (χ2n) is 10.3. The van der Waals surface area contributed by atoms with Crippen molar-refractivity contribution in [3.8, 4) is 0 Å². The Morgan fingerprint density at radius 3 is 2.86 bits per heavy atom. The van der Waals surface area contributed by atoms with E-state index in [1.807, 2.05) is 20.0 Å². The topological polar surface area (TPSA) is 47.9 Å². The lowest BCUT2D eigenvalue weighted by Gasteiger charge is -2.30. The Labute approximate surface area is 219 Å². The van der Waals surface area contributed by atoms with Crippen molar-refractivity contribution in [3.05, 3.63) is 98.5 Å². The summed E-state index contributed by atoms with van der Waals surface area (Å²) in [6.07, 6.45) is 10.1. The molecule has 186 valence electrons. The SMILES string of the molecule is CNc1ccc(C2=CC(CCc3cccc(C(C)(O)CC4=C=CC5=C(CN(C)CC5)S4)c3)C=N2)cc1. The molecule has 36 heavy (non-hydrogen) atoms. The number of aliphatic imine (C=N–C) groups is 1. The van der Waals surface area contributed by atoms with Crippen LogP contribution in [-0.2, 0) is 12.0 Å². The van der Waals surface area contributed by atoms with Crippen molar-refractivity contribution in [2.75, 3.05) is 32.5 Å². The Balaban J connectivity index is 1.21. The van der Waals surface area contributed by atoms with Crippen molar-refractivity contribution in [2.24, 2.45) is 10.9 Å². The fourth-order valence-corrected chi connectivity index (χ4v) is 6.32. The number of thioether (sulfide) groups is 1. The third-order valence-corrected chi connectivity index (χ3v) is 8.40. The van der Waals surface area contributed by atoms with Gasteiger partial charge in [-0.2, -0.15) is 0 Å². The van der Waals surface area contributed by atoms with Crippen LogP contribution < -0.4 is 5.32 Å². The van der Waals surface area contributed by atoms with Gasteiger partial charge in [-0.3, -0.25) is 4.99 Å². The number of rotatable bonds is 8. The van der Waals surface area contributed by atoms with Gasteiger partial charge in [-0.25, -0.2) is 0 Å². The van der Waals surface area contributed by atoms with E-state index in [1.54, 1.807) is 11.8 Å². The van der Waals surface area contributed by atoms with E-state index < -0.39 is 5.60 Å². The predicted molar refractivity (Wildman–Crippen MR) is 153 cm³/mol. The van der Waals surface area contributed by atoms with Crippen LogP contribution in [0.4, 0.5) is 5.69 Å². The second-order valence-corrected chi connectivity index (χ2v) is 11.5. The molecule has 0 bridgehead atoms. The van der Waals surface area contributed by atoms with Crippen LogP contribution in [-0.4, -0.2) is 43.4 Å². The first-order valence-corrected chi connectivity index (χ1v) is 13.6. The largest absolute Gasteiger partial charge is 0.388 e. The number of aliphatic hydroxyl groups is 1. The summed E-state index contributed by atoms with van der Waals surface area (Å²) in [6.45, 7) is 4.02. The van der Waals surface area contributed by atoms with Gasteiger partial charge in [0, 0.05) is 54.2 Å². The first-order valence-electron chi connectivity index (χ1n) is 12.8. The zero-order valence-corrected chi connectivity index (χ0v) is 22.2. The zero-order chi connectivity index (χ0) is 25.1. The van der Waals surface area contributed by atoms with Crippen molar-refractivity contribution in [3.63, 3.8) is 0 Å². The fourth-order valence-electron chi connectivity index (χ4n) is 4.97.